The van der Waals surface area contributed by atoms with Gasteiger partial charge in [0.1, 0.15) is 11.5 Å². The number of rotatable bonds is 5. The first-order valence-corrected chi connectivity index (χ1v) is 8.19. The summed E-state index contributed by atoms with van der Waals surface area (Å²) in [4.78, 5) is 0. The van der Waals surface area contributed by atoms with Gasteiger partial charge in [0, 0.05) is 5.56 Å². The molecule has 1 aliphatic heterocycles. The molecule has 0 radical (unpaired) electrons. The van der Waals surface area contributed by atoms with Gasteiger partial charge in [-0.25, -0.2) is 0 Å². The first-order chi connectivity index (χ1) is 10.6. The molecule has 1 aromatic rings. The third-order valence-corrected chi connectivity index (χ3v) is 4.84. The molecule has 1 fully saturated rings. The Balaban J connectivity index is 2.31. The van der Waals surface area contributed by atoms with Crippen molar-refractivity contribution in [2.45, 2.75) is 65.8 Å². The molecule has 0 bridgehead atoms. The molecule has 0 aliphatic carbocycles. The molecule has 0 saturated carbocycles. The van der Waals surface area contributed by atoms with Gasteiger partial charge in [-0.1, -0.05) is 0 Å². The highest BCUT2D eigenvalue weighted by molar-refractivity contribution is 5.58. The van der Waals surface area contributed by atoms with Crippen molar-refractivity contribution in [3.8, 4) is 11.5 Å². The first kappa shape index (κ1) is 18.1. The highest BCUT2D eigenvalue weighted by Gasteiger charge is 2.41. The Hall–Kier alpha value is -1.26. The average molecular weight is 322 g/mol. The van der Waals surface area contributed by atoms with Crippen molar-refractivity contribution in [2.75, 3.05) is 20.8 Å². The Bertz CT molecular complexity index is 592. The molecule has 1 heterocycles. The number of hydrogen-bond donors (Lipinski definition) is 0. The van der Waals surface area contributed by atoms with E-state index in [9.17, 15) is 0 Å². The fraction of sp³-hybridized carbons (Fsp3) is 0.684. The molecule has 1 unspecified atom stereocenters. The molecule has 2 rings (SSSR count). The van der Waals surface area contributed by atoms with E-state index < -0.39 is 5.79 Å². The lowest BCUT2D eigenvalue weighted by Gasteiger charge is -2.26. The van der Waals surface area contributed by atoms with E-state index in [1.807, 2.05) is 13.8 Å². The van der Waals surface area contributed by atoms with Crippen LogP contribution in [0.25, 0.3) is 0 Å². The van der Waals surface area contributed by atoms with E-state index in [-0.39, 0.29) is 5.60 Å². The van der Waals surface area contributed by atoms with Crippen LogP contribution in [0.4, 0.5) is 0 Å². The topological polar surface area (TPSA) is 36.9 Å². The van der Waals surface area contributed by atoms with Crippen molar-refractivity contribution < 1.29 is 18.9 Å². The van der Waals surface area contributed by atoms with Crippen LogP contribution in [0, 0.1) is 20.8 Å². The number of hydrogen-bond acceptors (Lipinski definition) is 4. The minimum absolute atomic E-state index is 0.271. The van der Waals surface area contributed by atoms with Crippen LogP contribution in [0.3, 0.4) is 0 Å². The maximum Gasteiger partial charge on any atom is 0.163 e. The zero-order valence-corrected chi connectivity index (χ0v) is 15.8. The number of benzene rings is 1. The Kier molecular flexibility index (Phi) is 4.97. The average Bonchev–Trinajstić information content (AvgIpc) is 2.76. The summed E-state index contributed by atoms with van der Waals surface area (Å²) >= 11 is 0. The van der Waals surface area contributed by atoms with Gasteiger partial charge in [-0.2, -0.15) is 0 Å². The van der Waals surface area contributed by atoms with Crippen molar-refractivity contribution in [1.29, 1.82) is 0 Å². The van der Waals surface area contributed by atoms with E-state index >= 15 is 0 Å². The van der Waals surface area contributed by atoms with Gasteiger partial charge in [0.2, 0.25) is 0 Å². The summed E-state index contributed by atoms with van der Waals surface area (Å²) < 4.78 is 23.1. The fourth-order valence-corrected chi connectivity index (χ4v) is 3.53. The minimum atomic E-state index is -0.505. The van der Waals surface area contributed by atoms with Gasteiger partial charge in [-0.05, 0) is 71.1 Å². The standard InChI is InChI=1S/C19H30O4/c1-12-13(2)17(21-8)15(14(3)16(12)20-7)9-10-19(6)11-22-18(4,5)23-19/h9-11H2,1-8H3. The van der Waals surface area contributed by atoms with Gasteiger partial charge < -0.3 is 18.9 Å². The SMILES string of the molecule is COc1c(C)c(C)c(OC)c(CCC2(C)COC(C)(C)O2)c1C. The molecule has 0 aromatic heterocycles. The van der Waals surface area contributed by atoms with Crippen molar-refractivity contribution in [2.24, 2.45) is 0 Å². The number of ether oxygens (including phenoxy) is 4. The summed E-state index contributed by atoms with van der Waals surface area (Å²) in [6.45, 7) is 12.9. The highest BCUT2D eigenvalue weighted by atomic mass is 16.7. The molecule has 1 atom stereocenters. The molecule has 130 valence electrons. The second-order valence-corrected chi connectivity index (χ2v) is 7.16. The molecule has 0 spiro atoms. The van der Waals surface area contributed by atoms with E-state index in [0.29, 0.717) is 6.61 Å². The van der Waals surface area contributed by atoms with E-state index in [2.05, 4.69) is 27.7 Å². The normalized spacial score (nSPS) is 23.1. The highest BCUT2D eigenvalue weighted by Crippen LogP contribution is 2.40. The Morgan fingerprint density at radius 1 is 0.913 bits per heavy atom. The molecule has 4 heteroatoms. The van der Waals surface area contributed by atoms with E-state index in [1.54, 1.807) is 14.2 Å². The Morgan fingerprint density at radius 3 is 1.96 bits per heavy atom. The third-order valence-electron chi connectivity index (χ3n) is 4.84. The van der Waals surface area contributed by atoms with Crippen LogP contribution >= 0.6 is 0 Å². The molecule has 0 amide bonds. The summed E-state index contributed by atoms with van der Waals surface area (Å²) in [5.74, 6) is 1.41. The van der Waals surface area contributed by atoms with Crippen molar-refractivity contribution >= 4 is 0 Å². The van der Waals surface area contributed by atoms with E-state index in [0.717, 1.165) is 41.0 Å². The van der Waals surface area contributed by atoms with Gasteiger partial charge in [-0.3, -0.25) is 0 Å². The zero-order valence-electron chi connectivity index (χ0n) is 15.8. The van der Waals surface area contributed by atoms with Gasteiger partial charge in [0.25, 0.3) is 0 Å². The maximum atomic E-state index is 6.09. The van der Waals surface area contributed by atoms with Crippen LogP contribution in [0.2, 0.25) is 0 Å². The monoisotopic (exact) mass is 322 g/mol. The van der Waals surface area contributed by atoms with Crippen LogP contribution in [0.1, 0.15) is 49.4 Å². The summed E-state index contributed by atoms with van der Waals surface area (Å²) in [7, 11) is 3.46. The van der Waals surface area contributed by atoms with Crippen LogP contribution in [0.15, 0.2) is 0 Å². The second kappa shape index (κ2) is 6.33. The van der Waals surface area contributed by atoms with Gasteiger partial charge in [-0.15, -0.1) is 0 Å². The molecule has 4 nitrogen and oxygen atoms in total. The minimum Gasteiger partial charge on any atom is -0.496 e. The van der Waals surface area contributed by atoms with Crippen molar-refractivity contribution in [3.63, 3.8) is 0 Å². The summed E-state index contributed by atoms with van der Waals surface area (Å²) in [6.07, 6.45) is 1.74. The number of methoxy groups -OCH3 is 2. The Morgan fingerprint density at radius 2 is 1.48 bits per heavy atom. The zero-order chi connectivity index (χ0) is 17.4. The quantitative estimate of drug-likeness (QED) is 0.818. The van der Waals surface area contributed by atoms with Crippen LogP contribution in [-0.4, -0.2) is 32.2 Å². The molecule has 23 heavy (non-hydrogen) atoms. The third kappa shape index (κ3) is 3.48. The van der Waals surface area contributed by atoms with E-state index in [4.69, 9.17) is 18.9 Å². The fourth-order valence-electron chi connectivity index (χ4n) is 3.53. The van der Waals surface area contributed by atoms with Gasteiger partial charge in [0.05, 0.1) is 26.4 Å². The van der Waals surface area contributed by atoms with Crippen molar-refractivity contribution in [3.05, 3.63) is 22.3 Å². The lowest BCUT2D eigenvalue weighted by Crippen LogP contribution is -2.31. The summed E-state index contributed by atoms with van der Waals surface area (Å²) in [5.41, 5.74) is 4.35. The maximum absolute atomic E-state index is 6.09. The van der Waals surface area contributed by atoms with Crippen molar-refractivity contribution in [1.82, 2.24) is 0 Å². The smallest absolute Gasteiger partial charge is 0.163 e. The lowest BCUT2D eigenvalue weighted by molar-refractivity contribution is -0.158. The first-order valence-electron chi connectivity index (χ1n) is 8.19. The molecule has 1 aromatic carbocycles. The van der Waals surface area contributed by atoms with E-state index in [1.165, 1.54) is 5.56 Å². The summed E-state index contributed by atoms with van der Waals surface area (Å²) in [6, 6.07) is 0. The molecular weight excluding hydrogens is 292 g/mol. The molecule has 1 aliphatic rings. The predicted octanol–water partition coefficient (Wildman–Crippen LogP) is 4.10. The molecular formula is C19H30O4. The van der Waals surface area contributed by atoms with Crippen LogP contribution in [0.5, 0.6) is 11.5 Å². The van der Waals surface area contributed by atoms with Gasteiger partial charge in [0.15, 0.2) is 5.79 Å². The largest absolute Gasteiger partial charge is 0.496 e. The molecule has 1 saturated heterocycles. The summed E-state index contributed by atoms with van der Waals surface area (Å²) in [5, 5.41) is 0. The lowest BCUT2D eigenvalue weighted by atomic mass is 9.91. The van der Waals surface area contributed by atoms with Crippen LogP contribution in [-0.2, 0) is 15.9 Å². The van der Waals surface area contributed by atoms with Gasteiger partial charge >= 0.3 is 0 Å². The Labute approximate surface area is 140 Å². The molecule has 0 N–H and O–H groups in total. The second-order valence-electron chi connectivity index (χ2n) is 7.16. The predicted molar refractivity (Wildman–Crippen MR) is 91.6 cm³/mol. The van der Waals surface area contributed by atoms with Crippen LogP contribution < -0.4 is 9.47 Å².